The first-order valence-corrected chi connectivity index (χ1v) is 6.55. The molecule has 0 aromatic carbocycles. The Balaban J connectivity index is 2.07. The van der Waals surface area contributed by atoms with Crippen LogP contribution in [-0.2, 0) is 18.6 Å². The number of aliphatic hydroxyl groups is 1. The molecule has 0 saturated heterocycles. The molecule has 0 aliphatic carbocycles. The Morgan fingerprint density at radius 1 is 1.30 bits per heavy atom. The molecule has 1 N–H and O–H groups in total. The van der Waals surface area contributed by atoms with Crippen molar-refractivity contribution in [1.29, 1.82) is 0 Å². The maximum atomic E-state index is 9.27. The molecule has 108 valence electrons. The first kappa shape index (κ1) is 14.5. The number of hydrogen-bond acceptors (Lipinski definition) is 5. The Labute approximate surface area is 118 Å². The molecule has 0 bridgehead atoms. The number of oxazole rings is 1. The third-order valence-corrected chi connectivity index (χ3v) is 2.87. The lowest BCUT2D eigenvalue weighted by molar-refractivity contribution is 0.231. The minimum absolute atomic E-state index is 0.0765. The van der Waals surface area contributed by atoms with Gasteiger partial charge in [-0.1, -0.05) is 20.8 Å². The van der Waals surface area contributed by atoms with E-state index in [4.69, 9.17) is 9.15 Å². The Morgan fingerprint density at radius 3 is 2.65 bits per heavy atom. The van der Waals surface area contributed by atoms with E-state index >= 15 is 0 Å². The summed E-state index contributed by atoms with van der Waals surface area (Å²) < 4.78 is 11.3. The van der Waals surface area contributed by atoms with Crippen molar-refractivity contribution in [2.24, 2.45) is 0 Å². The van der Waals surface area contributed by atoms with Gasteiger partial charge in [-0.25, -0.2) is 4.98 Å². The smallest absolute Gasteiger partial charge is 0.232 e. The standard InChI is InChI=1S/C15H20N2O3/c1-10-5-6-12(11(8-18)17-10)19-9-14-16-7-13(20-14)15(2,3)4/h5-7,18H,8-9H2,1-4H3. The fourth-order valence-corrected chi connectivity index (χ4v) is 1.71. The van der Waals surface area contributed by atoms with E-state index in [0.717, 1.165) is 11.5 Å². The lowest BCUT2D eigenvalue weighted by atomic mass is 9.94. The van der Waals surface area contributed by atoms with E-state index in [9.17, 15) is 5.11 Å². The molecule has 0 amide bonds. The summed E-state index contributed by atoms with van der Waals surface area (Å²) in [5, 5.41) is 9.27. The first-order valence-electron chi connectivity index (χ1n) is 6.55. The van der Waals surface area contributed by atoms with Gasteiger partial charge >= 0.3 is 0 Å². The Hall–Kier alpha value is -1.88. The molecule has 5 heteroatoms. The van der Waals surface area contributed by atoms with Crippen molar-refractivity contribution >= 4 is 0 Å². The van der Waals surface area contributed by atoms with Crippen molar-refractivity contribution in [2.45, 2.75) is 46.3 Å². The summed E-state index contributed by atoms with van der Waals surface area (Å²) in [6.07, 6.45) is 1.72. The third kappa shape index (κ3) is 3.36. The molecule has 2 rings (SSSR count). The van der Waals surface area contributed by atoms with Crippen molar-refractivity contribution < 1.29 is 14.3 Å². The lowest BCUT2D eigenvalue weighted by Gasteiger charge is -2.13. The molecule has 0 aliphatic heterocycles. The monoisotopic (exact) mass is 276 g/mol. The maximum Gasteiger partial charge on any atom is 0.232 e. The molecule has 0 aliphatic rings. The van der Waals surface area contributed by atoms with Crippen LogP contribution in [0.2, 0.25) is 0 Å². The average molecular weight is 276 g/mol. The summed E-state index contributed by atoms with van der Waals surface area (Å²) in [7, 11) is 0. The largest absolute Gasteiger partial charge is 0.482 e. The van der Waals surface area contributed by atoms with Crippen molar-refractivity contribution in [3.8, 4) is 5.75 Å². The molecule has 5 nitrogen and oxygen atoms in total. The van der Waals surface area contributed by atoms with E-state index < -0.39 is 0 Å². The molecular formula is C15H20N2O3. The minimum Gasteiger partial charge on any atom is -0.482 e. The summed E-state index contributed by atoms with van der Waals surface area (Å²) in [6, 6.07) is 3.63. The van der Waals surface area contributed by atoms with Crippen LogP contribution >= 0.6 is 0 Å². The summed E-state index contributed by atoms with van der Waals surface area (Å²) in [5.41, 5.74) is 1.28. The van der Waals surface area contributed by atoms with Gasteiger partial charge in [0.25, 0.3) is 0 Å². The van der Waals surface area contributed by atoms with Crippen LogP contribution < -0.4 is 4.74 Å². The molecule has 0 radical (unpaired) electrons. The molecule has 0 saturated carbocycles. The summed E-state index contributed by atoms with van der Waals surface area (Å²) in [4.78, 5) is 8.42. The molecular weight excluding hydrogens is 256 g/mol. The highest BCUT2D eigenvalue weighted by Crippen LogP contribution is 2.24. The predicted octanol–water partition coefficient (Wildman–Crippen LogP) is 2.75. The molecule has 2 aromatic rings. The van der Waals surface area contributed by atoms with E-state index in [2.05, 4.69) is 30.7 Å². The van der Waals surface area contributed by atoms with Crippen LogP contribution in [0.15, 0.2) is 22.7 Å². The quantitative estimate of drug-likeness (QED) is 0.930. The van der Waals surface area contributed by atoms with E-state index in [0.29, 0.717) is 17.3 Å². The van der Waals surface area contributed by atoms with Crippen molar-refractivity contribution in [3.05, 3.63) is 41.4 Å². The van der Waals surface area contributed by atoms with E-state index in [-0.39, 0.29) is 18.6 Å². The zero-order valence-corrected chi connectivity index (χ0v) is 12.3. The van der Waals surface area contributed by atoms with E-state index in [1.807, 2.05) is 13.0 Å². The number of pyridine rings is 1. The maximum absolute atomic E-state index is 9.27. The second kappa shape index (κ2) is 5.63. The Bertz CT molecular complexity index is 585. The van der Waals surface area contributed by atoms with Crippen LogP contribution in [0.5, 0.6) is 5.75 Å². The van der Waals surface area contributed by atoms with Crippen LogP contribution in [0.25, 0.3) is 0 Å². The van der Waals surface area contributed by atoms with Crippen molar-refractivity contribution in [1.82, 2.24) is 9.97 Å². The Morgan fingerprint density at radius 2 is 2.05 bits per heavy atom. The normalized spacial score (nSPS) is 11.7. The third-order valence-electron chi connectivity index (χ3n) is 2.87. The number of aromatic nitrogens is 2. The van der Waals surface area contributed by atoms with Gasteiger partial charge < -0.3 is 14.3 Å². The van der Waals surface area contributed by atoms with Crippen LogP contribution in [0, 0.1) is 6.92 Å². The fourth-order valence-electron chi connectivity index (χ4n) is 1.71. The van der Waals surface area contributed by atoms with Gasteiger partial charge in [0.1, 0.15) is 17.2 Å². The molecule has 0 fully saturated rings. The van der Waals surface area contributed by atoms with Gasteiger partial charge in [0.2, 0.25) is 5.89 Å². The number of nitrogens with zero attached hydrogens (tertiary/aromatic N) is 2. The van der Waals surface area contributed by atoms with Gasteiger partial charge in [0, 0.05) is 11.1 Å². The van der Waals surface area contributed by atoms with Crippen LogP contribution in [0.1, 0.15) is 43.8 Å². The van der Waals surface area contributed by atoms with Crippen LogP contribution in [0.3, 0.4) is 0 Å². The van der Waals surface area contributed by atoms with Gasteiger partial charge in [-0.3, -0.25) is 4.98 Å². The molecule has 20 heavy (non-hydrogen) atoms. The van der Waals surface area contributed by atoms with Crippen molar-refractivity contribution in [2.75, 3.05) is 0 Å². The van der Waals surface area contributed by atoms with Gasteiger partial charge in [0.05, 0.1) is 12.8 Å². The Kier molecular flexibility index (Phi) is 4.09. The predicted molar refractivity (Wildman–Crippen MR) is 74.4 cm³/mol. The average Bonchev–Trinajstić information content (AvgIpc) is 2.86. The number of aliphatic hydroxyl groups excluding tert-OH is 1. The zero-order chi connectivity index (χ0) is 14.8. The van der Waals surface area contributed by atoms with Gasteiger partial charge in [-0.2, -0.15) is 0 Å². The van der Waals surface area contributed by atoms with Gasteiger partial charge in [0.15, 0.2) is 6.61 Å². The highest BCUT2D eigenvalue weighted by Gasteiger charge is 2.19. The molecule has 0 atom stereocenters. The molecule has 2 heterocycles. The molecule has 2 aromatic heterocycles. The van der Waals surface area contributed by atoms with Crippen molar-refractivity contribution in [3.63, 3.8) is 0 Å². The highest BCUT2D eigenvalue weighted by atomic mass is 16.5. The number of aryl methyl sites for hydroxylation is 1. The summed E-state index contributed by atoms with van der Waals surface area (Å²) in [5.74, 6) is 1.88. The molecule has 0 spiro atoms. The second-order valence-corrected chi connectivity index (χ2v) is 5.71. The number of hydrogen-bond donors (Lipinski definition) is 1. The second-order valence-electron chi connectivity index (χ2n) is 5.71. The fraction of sp³-hybridized carbons (Fsp3) is 0.467. The van der Waals surface area contributed by atoms with Gasteiger partial charge in [-0.05, 0) is 19.1 Å². The van der Waals surface area contributed by atoms with Crippen LogP contribution in [0.4, 0.5) is 0 Å². The topological polar surface area (TPSA) is 68.4 Å². The molecule has 0 unspecified atom stereocenters. The van der Waals surface area contributed by atoms with Crippen LogP contribution in [-0.4, -0.2) is 15.1 Å². The lowest BCUT2D eigenvalue weighted by Crippen LogP contribution is -2.09. The zero-order valence-electron chi connectivity index (χ0n) is 12.3. The summed E-state index contributed by atoms with van der Waals surface area (Å²) >= 11 is 0. The number of rotatable bonds is 4. The summed E-state index contributed by atoms with van der Waals surface area (Å²) in [6.45, 7) is 8.11. The highest BCUT2D eigenvalue weighted by molar-refractivity contribution is 5.28. The van der Waals surface area contributed by atoms with E-state index in [1.165, 1.54) is 0 Å². The SMILES string of the molecule is Cc1ccc(OCc2ncc(C(C)(C)C)o2)c(CO)n1. The minimum atomic E-state index is -0.157. The van der Waals surface area contributed by atoms with E-state index in [1.54, 1.807) is 12.3 Å². The first-order chi connectivity index (χ1) is 9.40. The van der Waals surface area contributed by atoms with Gasteiger partial charge in [-0.15, -0.1) is 0 Å². The number of ether oxygens (including phenoxy) is 1.